The lowest BCUT2D eigenvalue weighted by atomic mass is 10.2. The number of carbonyl (C=O) groups excluding carboxylic acids is 2. The number of aromatic nitrogens is 1. The van der Waals surface area contributed by atoms with E-state index in [0.717, 1.165) is 10.7 Å². The molecule has 0 aromatic carbocycles. The maximum atomic E-state index is 11.4. The molecule has 0 aliphatic carbocycles. The van der Waals surface area contributed by atoms with Crippen LogP contribution in [0.2, 0.25) is 0 Å². The van der Waals surface area contributed by atoms with Crippen LogP contribution in [0.3, 0.4) is 0 Å². The molecule has 1 rings (SSSR count). The van der Waals surface area contributed by atoms with E-state index in [9.17, 15) is 9.59 Å². The molecule has 0 radical (unpaired) electrons. The van der Waals surface area contributed by atoms with Crippen molar-refractivity contribution in [1.29, 1.82) is 0 Å². The SMILES string of the molecule is Cc1nc(CNC(=O)C(N)CC(N)=O)cs1. The first-order valence-electron chi connectivity index (χ1n) is 4.71. The van der Waals surface area contributed by atoms with Crippen LogP contribution < -0.4 is 16.8 Å². The van der Waals surface area contributed by atoms with Crippen molar-refractivity contribution in [2.75, 3.05) is 0 Å². The van der Waals surface area contributed by atoms with Gasteiger partial charge in [-0.25, -0.2) is 4.98 Å². The van der Waals surface area contributed by atoms with E-state index in [1.54, 1.807) is 0 Å². The highest BCUT2D eigenvalue weighted by molar-refractivity contribution is 7.09. The maximum Gasteiger partial charge on any atom is 0.237 e. The summed E-state index contributed by atoms with van der Waals surface area (Å²) < 4.78 is 0. The van der Waals surface area contributed by atoms with Crippen molar-refractivity contribution in [2.24, 2.45) is 11.5 Å². The lowest BCUT2D eigenvalue weighted by Crippen LogP contribution is -2.42. The van der Waals surface area contributed by atoms with Gasteiger partial charge in [0, 0.05) is 5.38 Å². The van der Waals surface area contributed by atoms with Gasteiger partial charge >= 0.3 is 0 Å². The van der Waals surface area contributed by atoms with Crippen molar-refractivity contribution >= 4 is 23.2 Å². The van der Waals surface area contributed by atoms with E-state index in [2.05, 4.69) is 10.3 Å². The molecule has 0 saturated heterocycles. The van der Waals surface area contributed by atoms with E-state index < -0.39 is 17.9 Å². The van der Waals surface area contributed by atoms with Gasteiger partial charge in [-0.15, -0.1) is 11.3 Å². The molecular weight excluding hydrogens is 228 g/mol. The summed E-state index contributed by atoms with van der Waals surface area (Å²) in [5, 5.41) is 5.38. The number of thiazole rings is 1. The van der Waals surface area contributed by atoms with Crippen LogP contribution in [-0.4, -0.2) is 22.8 Å². The molecule has 0 spiro atoms. The van der Waals surface area contributed by atoms with Gasteiger partial charge < -0.3 is 16.8 Å². The molecule has 16 heavy (non-hydrogen) atoms. The highest BCUT2D eigenvalue weighted by Gasteiger charge is 2.15. The molecule has 1 aromatic rings. The van der Waals surface area contributed by atoms with E-state index in [-0.39, 0.29) is 6.42 Å². The summed E-state index contributed by atoms with van der Waals surface area (Å²) in [6.45, 7) is 2.20. The predicted octanol–water partition coefficient (Wildman–Crippen LogP) is -0.730. The number of rotatable bonds is 5. The van der Waals surface area contributed by atoms with Crippen molar-refractivity contribution in [1.82, 2.24) is 10.3 Å². The fourth-order valence-electron chi connectivity index (χ4n) is 1.11. The minimum Gasteiger partial charge on any atom is -0.370 e. The Kier molecular flexibility index (Phi) is 4.39. The number of nitrogens with zero attached hydrogens (tertiary/aromatic N) is 1. The standard InChI is InChI=1S/C9H14N4O2S/c1-5-13-6(4-16-5)3-12-9(15)7(10)2-8(11)14/h4,7H,2-3,10H2,1H3,(H2,11,14)(H,12,15). The highest BCUT2D eigenvalue weighted by atomic mass is 32.1. The number of primary amides is 1. The first-order valence-corrected chi connectivity index (χ1v) is 5.59. The Morgan fingerprint density at radius 1 is 1.62 bits per heavy atom. The van der Waals surface area contributed by atoms with Gasteiger partial charge in [0.15, 0.2) is 0 Å². The minimum atomic E-state index is -0.891. The second-order valence-corrected chi connectivity index (χ2v) is 4.41. The van der Waals surface area contributed by atoms with Gasteiger partial charge in [-0.2, -0.15) is 0 Å². The molecule has 5 N–H and O–H groups in total. The summed E-state index contributed by atoms with van der Waals surface area (Å²) in [6.07, 6.45) is -0.151. The smallest absolute Gasteiger partial charge is 0.237 e. The molecule has 0 aliphatic heterocycles. The highest BCUT2D eigenvalue weighted by Crippen LogP contribution is 2.07. The summed E-state index contributed by atoms with van der Waals surface area (Å²) in [7, 11) is 0. The molecule has 6 nitrogen and oxygen atoms in total. The van der Waals surface area contributed by atoms with Gasteiger partial charge in [-0.05, 0) is 6.92 Å². The Hall–Kier alpha value is -1.47. The molecule has 0 bridgehead atoms. The normalized spacial score (nSPS) is 12.1. The quantitative estimate of drug-likeness (QED) is 0.632. The summed E-state index contributed by atoms with van der Waals surface area (Å²) >= 11 is 1.51. The monoisotopic (exact) mass is 242 g/mol. The molecule has 1 atom stereocenters. The number of carbonyl (C=O) groups is 2. The lowest BCUT2D eigenvalue weighted by Gasteiger charge is -2.09. The summed E-state index contributed by atoms with van der Waals surface area (Å²) in [5.74, 6) is -0.989. The van der Waals surface area contributed by atoms with Crippen LogP contribution in [0.5, 0.6) is 0 Å². The van der Waals surface area contributed by atoms with Crippen LogP contribution >= 0.6 is 11.3 Å². The Balaban J connectivity index is 2.37. The predicted molar refractivity (Wildman–Crippen MR) is 60.5 cm³/mol. The Bertz CT molecular complexity index is 391. The fraction of sp³-hybridized carbons (Fsp3) is 0.444. The van der Waals surface area contributed by atoms with Gasteiger partial charge in [0.2, 0.25) is 11.8 Å². The van der Waals surface area contributed by atoms with Crippen LogP contribution in [0, 0.1) is 6.92 Å². The third kappa shape index (κ3) is 3.95. The molecule has 0 aliphatic rings. The van der Waals surface area contributed by atoms with Crippen LogP contribution in [0.25, 0.3) is 0 Å². The second-order valence-electron chi connectivity index (χ2n) is 3.35. The fourth-order valence-corrected chi connectivity index (χ4v) is 1.72. The summed E-state index contributed by atoms with van der Waals surface area (Å²) in [6, 6.07) is -0.891. The molecule has 2 amide bonds. The van der Waals surface area contributed by atoms with Crippen LogP contribution in [0.15, 0.2) is 5.38 Å². The van der Waals surface area contributed by atoms with E-state index in [4.69, 9.17) is 11.5 Å². The zero-order valence-corrected chi connectivity index (χ0v) is 9.71. The largest absolute Gasteiger partial charge is 0.370 e. The van der Waals surface area contributed by atoms with Gasteiger partial charge in [0.05, 0.1) is 29.7 Å². The molecule has 0 fully saturated rings. The third-order valence-electron chi connectivity index (χ3n) is 1.87. The first-order chi connectivity index (χ1) is 7.49. The van der Waals surface area contributed by atoms with E-state index in [1.807, 2.05) is 12.3 Å². The van der Waals surface area contributed by atoms with Gasteiger partial charge in [-0.1, -0.05) is 0 Å². The number of amides is 2. The van der Waals surface area contributed by atoms with Crippen molar-refractivity contribution < 1.29 is 9.59 Å². The third-order valence-corrected chi connectivity index (χ3v) is 2.69. The molecule has 88 valence electrons. The Labute approximate surface area is 97.0 Å². The molecule has 0 saturated carbocycles. The topological polar surface area (TPSA) is 111 Å². The zero-order chi connectivity index (χ0) is 12.1. The average Bonchev–Trinajstić information content (AvgIpc) is 2.59. The average molecular weight is 242 g/mol. The second kappa shape index (κ2) is 5.57. The van der Waals surface area contributed by atoms with Crippen LogP contribution in [-0.2, 0) is 16.1 Å². The number of nitrogens with two attached hydrogens (primary N) is 2. The zero-order valence-electron chi connectivity index (χ0n) is 8.90. The lowest BCUT2D eigenvalue weighted by molar-refractivity contribution is -0.126. The van der Waals surface area contributed by atoms with E-state index >= 15 is 0 Å². The maximum absolute atomic E-state index is 11.4. The molecule has 1 aromatic heterocycles. The molecule has 7 heteroatoms. The number of nitrogens with one attached hydrogen (secondary N) is 1. The van der Waals surface area contributed by atoms with Gasteiger partial charge in [0.25, 0.3) is 0 Å². The van der Waals surface area contributed by atoms with E-state index in [0.29, 0.717) is 6.54 Å². The van der Waals surface area contributed by atoms with Crippen LogP contribution in [0.4, 0.5) is 0 Å². The van der Waals surface area contributed by atoms with Gasteiger partial charge in [0.1, 0.15) is 0 Å². The van der Waals surface area contributed by atoms with Crippen molar-refractivity contribution in [3.8, 4) is 0 Å². The molecule has 1 heterocycles. The number of aryl methyl sites for hydroxylation is 1. The number of hydrogen-bond acceptors (Lipinski definition) is 5. The summed E-state index contributed by atoms with van der Waals surface area (Å²) in [4.78, 5) is 26.1. The molecular formula is C9H14N4O2S. The Morgan fingerprint density at radius 3 is 2.81 bits per heavy atom. The number of hydrogen-bond donors (Lipinski definition) is 3. The van der Waals surface area contributed by atoms with E-state index in [1.165, 1.54) is 11.3 Å². The van der Waals surface area contributed by atoms with Crippen molar-refractivity contribution in [2.45, 2.75) is 25.9 Å². The van der Waals surface area contributed by atoms with Gasteiger partial charge in [-0.3, -0.25) is 9.59 Å². The molecule has 1 unspecified atom stereocenters. The first kappa shape index (κ1) is 12.6. The van der Waals surface area contributed by atoms with Crippen molar-refractivity contribution in [3.05, 3.63) is 16.1 Å². The Morgan fingerprint density at radius 2 is 2.31 bits per heavy atom. The van der Waals surface area contributed by atoms with Crippen LogP contribution in [0.1, 0.15) is 17.1 Å². The minimum absolute atomic E-state index is 0.151. The summed E-state index contributed by atoms with van der Waals surface area (Å²) in [5.41, 5.74) is 11.2. The van der Waals surface area contributed by atoms with Crippen molar-refractivity contribution in [3.63, 3.8) is 0 Å².